The van der Waals surface area contributed by atoms with Crippen molar-refractivity contribution < 1.29 is 39.4 Å². The van der Waals surface area contributed by atoms with Crippen LogP contribution in [-0.4, -0.2) is 85.4 Å². The van der Waals surface area contributed by atoms with Crippen LogP contribution in [0.5, 0.6) is 17.2 Å². The number of rotatable bonds is 6. The number of fused-ring (bicyclic) bond motifs is 2. The second kappa shape index (κ2) is 14.2. The number of para-hydroxylation sites is 1. The smallest absolute Gasteiger partial charge is 0.165 e. The molecule has 200 valence electrons. The molecule has 4 N–H and O–H groups in total. The number of aliphatic hydroxyl groups is 4. The van der Waals surface area contributed by atoms with Crippen molar-refractivity contribution >= 4 is 5.69 Å². The van der Waals surface area contributed by atoms with E-state index < -0.39 is 31.0 Å². The molecule has 0 radical (unpaired) electrons. The second-order valence-corrected chi connectivity index (χ2v) is 8.94. The first-order valence-electron chi connectivity index (χ1n) is 12.4. The van der Waals surface area contributed by atoms with Crippen molar-refractivity contribution in [3.8, 4) is 17.2 Å². The molecule has 4 atom stereocenters. The lowest BCUT2D eigenvalue weighted by Crippen LogP contribution is -2.51. The average Bonchev–Trinajstić information content (AvgIpc) is 2.90. The second-order valence-electron chi connectivity index (χ2n) is 8.94. The van der Waals surface area contributed by atoms with Crippen molar-refractivity contribution in [1.29, 1.82) is 0 Å². The van der Waals surface area contributed by atoms with Crippen molar-refractivity contribution in [3.63, 3.8) is 0 Å². The molecule has 0 saturated carbocycles. The Balaban J connectivity index is 1.95. The van der Waals surface area contributed by atoms with Crippen molar-refractivity contribution in [2.24, 2.45) is 0 Å². The fraction of sp³-hybridized carbons (Fsp3) is 0.556. The Morgan fingerprint density at radius 3 is 2.47 bits per heavy atom. The fourth-order valence-electron chi connectivity index (χ4n) is 4.38. The molecule has 0 aliphatic carbocycles. The highest BCUT2D eigenvalue weighted by molar-refractivity contribution is 5.54. The number of β-amino-alcohol motifs (C(OH)–C–C–N with tert-alkyl or cyclic N) is 1. The molecule has 0 unspecified atom stereocenters. The zero-order valence-corrected chi connectivity index (χ0v) is 21.1. The van der Waals surface area contributed by atoms with Crippen LogP contribution in [0.25, 0.3) is 0 Å². The highest BCUT2D eigenvalue weighted by Gasteiger charge is 2.34. The van der Waals surface area contributed by atoms with Crippen molar-refractivity contribution in [1.82, 2.24) is 0 Å². The summed E-state index contributed by atoms with van der Waals surface area (Å²) in [5, 5.41) is 41.8. The van der Waals surface area contributed by atoms with E-state index in [1.165, 1.54) is 0 Å². The van der Waals surface area contributed by atoms with Gasteiger partial charge in [0.25, 0.3) is 0 Å². The minimum absolute atomic E-state index is 0.0169. The number of nitrogens with zero attached hydrogens (tertiary/aromatic N) is 1. The van der Waals surface area contributed by atoms with Crippen molar-refractivity contribution in [2.75, 3.05) is 45.5 Å². The Hall–Kier alpha value is -2.56. The van der Waals surface area contributed by atoms with Crippen LogP contribution in [0.1, 0.15) is 31.2 Å². The summed E-state index contributed by atoms with van der Waals surface area (Å²) in [6, 6.07) is 13.1. The predicted molar refractivity (Wildman–Crippen MR) is 136 cm³/mol. The first kappa shape index (κ1) is 28.0. The van der Waals surface area contributed by atoms with Crippen molar-refractivity contribution in [3.05, 3.63) is 48.0 Å². The minimum atomic E-state index is -1.42. The lowest BCUT2D eigenvalue weighted by Gasteiger charge is -2.34. The Bertz CT molecular complexity index is 926. The van der Waals surface area contributed by atoms with Crippen molar-refractivity contribution in [2.45, 2.75) is 56.6 Å². The van der Waals surface area contributed by atoms with Gasteiger partial charge in [0, 0.05) is 37.0 Å². The summed E-state index contributed by atoms with van der Waals surface area (Å²) in [6.45, 7) is 0.653. The third-order valence-electron chi connectivity index (χ3n) is 6.35. The third-order valence-corrected chi connectivity index (χ3v) is 6.35. The van der Waals surface area contributed by atoms with Crippen LogP contribution in [0.15, 0.2) is 42.5 Å². The van der Waals surface area contributed by atoms with E-state index in [0.717, 1.165) is 36.9 Å². The molecule has 0 fully saturated rings. The van der Waals surface area contributed by atoms with Crippen LogP contribution in [0, 0.1) is 0 Å². The molecule has 3 rings (SSSR count). The first-order valence-corrected chi connectivity index (χ1v) is 12.4. The molecule has 1 aliphatic heterocycles. The van der Waals surface area contributed by atoms with Gasteiger partial charge < -0.3 is 44.3 Å². The highest BCUT2D eigenvalue weighted by Crippen LogP contribution is 2.33. The van der Waals surface area contributed by atoms with Crippen LogP contribution >= 0.6 is 0 Å². The van der Waals surface area contributed by atoms with Gasteiger partial charge in [0.1, 0.15) is 24.1 Å². The summed E-state index contributed by atoms with van der Waals surface area (Å²) < 4.78 is 22.7. The molecule has 0 aromatic heterocycles. The van der Waals surface area contributed by atoms with Crippen LogP contribution in [0.2, 0.25) is 0 Å². The average molecular weight is 506 g/mol. The molecule has 0 amide bonds. The normalized spacial score (nSPS) is 22.9. The lowest BCUT2D eigenvalue weighted by atomic mass is 10.0. The summed E-state index contributed by atoms with van der Waals surface area (Å²) in [5.74, 6) is 1.88. The molecular weight excluding hydrogens is 466 g/mol. The maximum atomic E-state index is 11.1. The SMILES string of the molecule is COc1cccc(CN2C[C@@H](O)[C@@H](O)[C@@H]([C@H](O)CO)OCCCCCCOc3cccc2c3)c1OC. The van der Waals surface area contributed by atoms with Gasteiger partial charge in [-0.15, -0.1) is 0 Å². The quantitative estimate of drug-likeness (QED) is 0.468. The summed E-state index contributed by atoms with van der Waals surface area (Å²) in [7, 11) is 3.14. The number of hydrogen-bond acceptors (Lipinski definition) is 9. The Morgan fingerprint density at radius 1 is 1.00 bits per heavy atom. The number of methoxy groups -OCH3 is 2. The molecule has 2 bridgehead atoms. The Labute approximate surface area is 212 Å². The molecule has 36 heavy (non-hydrogen) atoms. The summed E-state index contributed by atoms with van der Waals surface area (Å²) in [6.07, 6.45) is -1.69. The largest absolute Gasteiger partial charge is 0.494 e. The molecular formula is C27H39NO8. The maximum Gasteiger partial charge on any atom is 0.165 e. The molecule has 0 spiro atoms. The standard InChI is InChI=1S/C27H39NO8/c1-33-24-12-7-9-19(26(24)34-2)16-28-17-22(30)25(32)27(23(31)18-29)36-14-6-4-3-5-13-35-21-11-8-10-20(28)15-21/h7-12,15,22-23,25,27,29-32H,3-6,13-14,16-18H2,1-2H3/t22-,23-,25-,27-/m1/s1. The van der Waals surface area contributed by atoms with E-state index in [2.05, 4.69) is 0 Å². The van der Waals surface area contributed by atoms with Gasteiger partial charge in [-0.05, 0) is 37.5 Å². The molecule has 9 heteroatoms. The van der Waals surface area contributed by atoms with Gasteiger partial charge in [-0.25, -0.2) is 0 Å². The maximum absolute atomic E-state index is 11.1. The van der Waals surface area contributed by atoms with E-state index >= 15 is 0 Å². The topological polar surface area (TPSA) is 121 Å². The third kappa shape index (κ3) is 7.47. The Morgan fingerprint density at radius 2 is 1.75 bits per heavy atom. The van der Waals surface area contributed by atoms with E-state index in [1.54, 1.807) is 14.2 Å². The fourth-order valence-corrected chi connectivity index (χ4v) is 4.38. The molecule has 2 aromatic rings. The number of hydrogen-bond donors (Lipinski definition) is 4. The van der Waals surface area contributed by atoms with Gasteiger partial charge in [-0.2, -0.15) is 0 Å². The summed E-state index contributed by atoms with van der Waals surface area (Å²) in [5.41, 5.74) is 1.60. The van der Waals surface area contributed by atoms with Gasteiger partial charge >= 0.3 is 0 Å². The van der Waals surface area contributed by atoms with Gasteiger partial charge in [-0.3, -0.25) is 0 Å². The van der Waals surface area contributed by atoms with E-state index in [-0.39, 0.29) is 6.54 Å². The summed E-state index contributed by atoms with van der Waals surface area (Å²) in [4.78, 5) is 1.90. The van der Waals surface area contributed by atoms with Gasteiger partial charge in [0.05, 0.1) is 33.5 Å². The molecule has 1 heterocycles. The van der Waals surface area contributed by atoms with Gasteiger partial charge in [0.2, 0.25) is 0 Å². The summed E-state index contributed by atoms with van der Waals surface area (Å²) >= 11 is 0. The van der Waals surface area contributed by atoms with E-state index in [0.29, 0.717) is 37.0 Å². The molecule has 9 nitrogen and oxygen atoms in total. The zero-order chi connectivity index (χ0) is 25.9. The highest BCUT2D eigenvalue weighted by atomic mass is 16.5. The first-order chi connectivity index (χ1) is 17.5. The number of aliphatic hydroxyl groups excluding tert-OH is 4. The predicted octanol–water partition coefficient (Wildman–Crippen LogP) is 2.12. The Kier molecular flexibility index (Phi) is 11.1. The molecule has 2 aromatic carbocycles. The molecule has 0 saturated heterocycles. The van der Waals surface area contributed by atoms with E-state index in [1.807, 2.05) is 47.4 Å². The number of benzene rings is 2. The number of ether oxygens (including phenoxy) is 4. The van der Waals surface area contributed by atoms with E-state index in [9.17, 15) is 20.4 Å². The van der Waals surface area contributed by atoms with Gasteiger partial charge in [0.15, 0.2) is 11.5 Å². The lowest BCUT2D eigenvalue weighted by molar-refractivity contribution is -0.141. The monoisotopic (exact) mass is 505 g/mol. The number of anilines is 1. The molecule has 1 aliphatic rings. The van der Waals surface area contributed by atoms with E-state index in [4.69, 9.17) is 18.9 Å². The minimum Gasteiger partial charge on any atom is -0.494 e. The van der Waals surface area contributed by atoms with Crippen LogP contribution in [0.4, 0.5) is 5.69 Å². The van der Waals surface area contributed by atoms with Crippen LogP contribution in [0.3, 0.4) is 0 Å². The zero-order valence-electron chi connectivity index (χ0n) is 21.1. The van der Waals surface area contributed by atoms with Crippen LogP contribution in [-0.2, 0) is 11.3 Å². The van der Waals surface area contributed by atoms with Crippen LogP contribution < -0.4 is 19.1 Å². The van der Waals surface area contributed by atoms with Gasteiger partial charge in [-0.1, -0.05) is 24.6 Å².